The van der Waals surface area contributed by atoms with Crippen LogP contribution in [0.3, 0.4) is 0 Å². The Morgan fingerprint density at radius 3 is 2.70 bits per heavy atom. The van der Waals surface area contributed by atoms with Gasteiger partial charge in [-0.1, -0.05) is 13.0 Å². The lowest BCUT2D eigenvalue weighted by Crippen LogP contribution is -2.44. The van der Waals surface area contributed by atoms with Crippen molar-refractivity contribution in [3.63, 3.8) is 0 Å². The van der Waals surface area contributed by atoms with Crippen LogP contribution in [0.25, 0.3) is 0 Å². The fourth-order valence-corrected chi connectivity index (χ4v) is 6.32. The van der Waals surface area contributed by atoms with E-state index in [4.69, 9.17) is 10.5 Å². The van der Waals surface area contributed by atoms with Gasteiger partial charge >= 0.3 is 5.97 Å². The second-order valence-corrected chi connectivity index (χ2v) is 9.91. The van der Waals surface area contributed by atoms with Crippen LogP contribution in [0.4, 0.5) is 0 Å². The minimum Gasteiger partial charge on any atom is -0.426 e. The van der Waals surface area contributed by atoms with E-state index in [-0.39, 0.29) is 11.2 Å². The SMILES string of the molecule is CC(=O)C(N)C(C)C(=O)Oc1ccc2c(c1)CC[C@@H]1[C@@H]2CCC2(C)C(O)[C@H](O)C[C@@H]12. The van der Waals surface area contributed by atoms with Crippen molar-refractivity contribution in [2.24, 2.45) is 28.9 Å². The van der Waals surface area contributed by atoms with Gasteiger partial charge in [0.1, 0.15) is 11.5 Å². The van der Waals surface area contributed by atoms with Gasteiger partial charge in [-0.15, -0.1) is 0 Å². The third kappa shape index (κ3) is 3.39. The number of Topliss-reactive ketones (excluding diaryl/α,β-unsaturated/α-hetero) is 1. The van der Waals surface area contributed by atoms with Crippen LogP contribution in [0.1, 0.15) is 63.5 Å². The fraction of sp³-hybridized carbons (Fsp3) is 0.667. The largest absolute Gasteiger partial charge is 0.426 e. The Bertz CT molecular complexity index is 854. The molecule has 4 unspecified atom stereocenters. The van der Waals surface area contributed by atoms with Crippen LogP contribution < -0.4 is 10.5 Å². The minimum absolute atomic E-state index is 0.195. The maximum absolute atomic E-state index is 12.4. The van der Waals surface area contributed by atoms with Crippen molar-refractivity contribution >= 4 is 11.8 Å². The molecule has 2 fully saturated rings. The minimum atomic E-state index is -0.857. The smallest absolute Gasteiger partial charge is 0.316 e. The number of fused-ring (bicyclic) bond motifs is 5. The summed E-state index contributed by atoms with van der Waals surface area (Å²) in [6.07, 6.45) is 3.24. The Kier molecular flexibility index (Phi) is 5.54. The maximum atomic E-state index is 12.4. The van der Waals surface area contributed by atoms with Gasteiger partial charge in [0, 0.05) is 0 Å². The number of ketones is 1. The average molecular weight is 416 g/mol. The number of ether oxygens (including phenoxy) is 1. The number of esters is 1. The molecular weight excluding hydrogens is 382 g/mol. The first-order chi connectivity index (χ1) is 14.1. The van der Waals surface area contributed by atoms with Gasteiger partial charge in [0.15, 0.2) is 0 Å². The van der Waals surface area contributed by atoms with Crippen LogP contribution in [0.2, 0.25) is 0 Å². The number of nitrogens with two attached hydrogens (primary N) is 1. The molecule has 1 aromatic carbocycles. The summed E-state index contributed by atoms with van der Waals surface area (Å²) in [4.78, 5) is 23.8. The molecule has 0 radical (unpaired) electrons. The number of carbonyl (C=O) groups excluding carboxylic acids is 2. The van der Waals surface area contributed by atoms with Gasteiger partial charge in [-0.05, 0) is 92.4 Å². The highest BCUT2D eigenvalue weighted by molar-refractivity contribution is 5.88. The van der Waals surface area contributed by atoms with Crippen molar-refractivity contribution in [3.8, 4) is 5.75 Å². The van der Waals surface area contributed by atoms with Gasteiger partial charge in [0.25, 0.3) is 0 Å². The zero-order valence-electron chi connectivity index (χ0n) is 18.0. The summed E-state index contributed by atoms with van der Waals surface area (Å²) in [5, 5.41) is 20.8. The first-order valence-electron chi connectivity index (χ1n) is 11.1. The van der Waals surface area contributed by atoms with E-state index < -0.39 is 30.1 Å². The molecule has 164 valence electrons. The molecule has 1 aromatic rings. The van der Waals surface area contributed by atoms with Crippen molar-refractivity contribution in [2.75, 3.05) is 0 Å². The van der Waals surface area contributed by atoms with E-state index in [1.807, 2.05) is 12.1 Å². The number of carbonyl (C=O) groups is 2. The van der Waals surface area contributed by atoms with Gasteiger partial charge in [-0.3, -0.25) is 9.59 Å². The van der Waals surface area contributed by atoms with E-state index in [0.717, 1.165) is 25.7 Å². The van der Waals surface area contributed by atoms with Crippen LogP contribution in [-0.4, -0.2) is 40.2 Å². The molecule has 6 heteroatoms. The van der Waals surface area contributed by atoms with Crippen LogP contribution in [-0.2, 0) is 16.0 Å². The van der Waals surface area contributed by atoms with E-state index in [1.54, 1.807) is 6.92 Å². The Hall–Kier alpha value is -1.76. The van der Waals surface area contributed by atoms with Crippen molar-refractivity contribution < 1.29 is 24.5 Å². The normalized spacial score (nSPS) is 36.8. The zero-order chi connectivity index (χ0) is 21.8. The quantitative estimate of drug-likeness (QED) is 0.514. The first kappa shape index (κ1) is 21.5. The summed E-state index contributed by atoms with van der Waals surface area (Å²) < 4.78 is 5.53. The zero-order valence-corrected chi connectivity index (χ0v) is 18.0. The lowest BCUT2D eigenvalue weighted by molar-refractivity contribution is -0.141. The molecule has 4 rings (SSSR count). The Morgan fingerprint density at radius 2 is 2.00 bits per heavy atom. The van der Waals surface area contributed by atoms with Crippen LogP contribution in [0.15, 0.2) is 18.2 Å². The van der Waals surface area contributed by atoms with Gasteiger partial charge in [-0.25, -0.2) is 0 Å². The van der Waals surface area contributed by atoms with Crippen LogP contribution in [0.5, 0.6) is 5.75 Å². The molecule has 0 heterocycles. The molecule has 0 saturated heterocycles. The lowest BCUT2D eigenvalue weighted by Gasteiger charge is -2.49. The van der Waals surface area contributed by atoms with Crippen LogP contribution >= 0.6 is 0 Å². The Morgan fingerprint density at radius 1 is 1.27 bits per heavy atom. The second-order valence-electron chi connectivity index (χ2n) is 9.91. The van der Waals surface area contributed by atoms with E-state index >= 15 is 0 Å². The molecule has 4 N–H and O–H groups in total. The first-order valence-corrected chi connectivity index (χ1v) is 11.1. The van der Waals surface area contributed by atoms with Gasteiger partial charge in [0.05, 0.1) is 24.2 Å². The van der Waals surface area contributed by atoms with Crippen molar-refractivity contribution in [1.82, 2.24) is 0 Å². The number of rotatable bonds is 4. The Balaban J connectivity index is 1.51. The molecule has 3 aliphatic rings. The summed E-state index contributed by atoms with van der Waals surface area (Å²) in [5.74, 6) is 0.285. The number of aliphatic hydroxyl groups excluding tert-OH is 2. The highest BCUT2D eigenvalue weighted by Crippen LogP contribution is 2.60. The van der Waals surface area contributed by atoms with E-state index in [0.29, 0.717) is 29.9 Å². The molecule has 0 amide bonds. The van der Waals surface area contributed by atoms with E-state index in [9.17, 15) is 19.8 Å². The van der Waals surface area contributed by atoms with Crippen LogP contribution in [0, 0.1) is 23.2 Å². The predicted octanol–water partition coefficient (Wildman–Crippen LogP) is 2.33. The predicted molar refractivity (Wildman–Crippen MR) is 112 cm³/mol. The number of aliphatic hydroxyl groups is 2. The second kappa shape index (κ2) is 7.74. The lowest BCUT2D eigenvalue weighted by atomic mass is 9.55. The molecule has 0 aliphatic heterocycles. The van der Waals surface area contributed by atoms with Gasteiger partial charge in [0.2, 0.25) is 0 Å². The number of hydrogen-bond acceptors (Lipinski definition) is 6. The summed E-state index contributed by atoms with van der Waals surface area (Å²) in [5.41, 5.74) is 8.09. The third-order valence-corrected chi connectivity index (χ3v) is 8.27. The summed E-state index contributed by atoms with van der Waals surface area (Å²) >= 11 is 0. The number of hydrogen-bond donors (Lipinski definition) is 3. The van der Waals surface area contributed by atoms with Gasteiger partial charge in [-0.2, -0.15) is 0 Å². The molecule has 30 heavy (non-hydrogen) atoms. The molecule has 0 spiro atoms. The maximum Gasteiger partial charge on any atom is 0.316 e. The molecule has 8 atom stereocenters. The number of benzene rings is 1. The molecule has 3 aliphatic carbocycles. The molecule has 6 nitrogen and oxygen atoms in total. The fourth-order valence-electron chi connectivity index (χ4n) is 6.32. The highest BCUT2D eigenvalue weighted by atomic mass is 16.5. The Labute approximate surface area is 177 Å². The summed E-state index contributed by atoms with van der Waals surface area (Å²) in [6, 6.07) is 4.98. The van der Waals surface area contributed by atoms with Gasteiger partial charge < -0.3 is 20.7 Å². The average Bonchev–Trinajstić information content (AvgIpc) is 2.96. The summed E-state index contributed by atoms with van der Waals surface area (Å²) in [7, 11) is 0. The highest BCUT2D eigenvalue weighted by Gasteiger charge is 2.57. The topological polar surface area (TPSA) is 110 Å². The molecule has 0 bridgehead atoms. The van der Waals surface area contributed by atoms with E-state index in [2.05, 4.69) is 13.0 Å². The molecular formula is C24H33NO5. The number of aryl methyl sites for hydroxylation is 1. The molecule has 2 saturated carbocycles. The third-order valence-electron chi connectivity index (χ3n) is 8.27. The summed E-state index contributed by atoms with van der Waals surface area (Å²) in [6.45, 7) is 5.13. The monoisotopic (exact) mass is 415 g/mol. The van der Waals surface area contributed by atoms with Crippen molar-refractivity contribution in [2.45, 2.75) is 77.0 Å². The van der Waals surface area contributed by atoms with Crippen molar-refractivity contribution in [1.29, 1.82) is 0 Å². The standard InChI is InChI=1S/C24H33NO5/c1-12(21(25)13(2)26)23(29)30-15-5-7-16-14(10-15)4-6-18-17(16)8-9-24(3)19(18)11-20(27)22(24)28/h5,7,10,12,17-22,27-28H,4,6,8-9,11,25H2,1-3H3/t12?,17-,18-,19+,20-,21?,22?,24?/m1/s1. The van der Waals surface area contributed by atoms with Crippen molar-refractivity contribution in [3.05, 3.63) is 29.3 Å². The van der Waals surface area contributed by atoms with E-state index in [1.165, 1.54) is 18.1 Å². The molecule has 0 aromatic heterocycles.